The van der Waals surface area contributed by atoms with Crippen LogP contribution >= 0.6 is 0 Å². The number of hydrogen-bond acceptors (Lipinski definition) is 5. The van der Waals surface area contributed by atoms with Crippen LogP contribution in [0.5, 0.6) is 5.75 Å². The normalized spacial score (nSPS) is 19.9. The predicted octanol–water partition coefficient (Wildman–Crippen LogP) is 2.39. The Hall–Kier alpha value is -2.86. The number of rotatable bonds is 3. The molecule has 0 aromatic heterocycles. The Kier molecular flexibility index (Phi) is 4.58. The minimum atomic E-state index is -0.542. The first-order valence-electron chi connectivity index (χ1n) is 9.17. The van der Waals surface area contributed by atoms with Crippen molar-refractivity contribution in [3.05, 3.63) is 54.1 Å². The first-order chi connectivity index (χ1) is 13.1. The van der Waals surface area contributed by atoms with Gasteiger partial charge in [-0.1, -0.05) is 24.3 Å². The maximum atomic E-state index is 13.0. The van der Waals surface area contributed by atoms with Crippen molar-refractivity contribution in [2.24, 2.45) is 0 Å². The lowest BCUT2D eigenvalue weighted by atomic mass is 10.1. The van der Waals surface area contributed by atoms with Gasteiger partial charge in [-0.15, -0.1) is 0 Å². The third kappa shape index (κ3) is 2.96. The van der Waals surface area contributed by atoms with Crippen LogP contribution in [0.3, 0.4) is 0 Å². The molecule has 1 amide bonds. The fraction of sp³-hybridized carbons (Fsp3) is 0.333. The van der Waals surface area contributed by atoms with Crippen molar-refractivity contribution < 1.29 is 14.3 Å². The first kappa shape index (κ1) is 17.5. The molecule has 6 heteroatoms. The van der Waals surface area contributed by atoms with Crippen LogP contribution in [0, 0.1) is 0 Å². The molecule has 0 unspecified atom stereocenters. The number of amides is 1. The van der Waals surface area contributed by atoms with Crippen molar-refractivity contribution >= 4 is 23.1 Å². The Bertz CT molecular complexity index is 874. The van der Waals surface area contributed by atoms with Crippen LogP contribution in [-0.4, -0.2) is 56.0 Å². The van der Waals surface area contributed by atoms with Crippen molar-refractivity contribution in [2.45, 2.75) is 13.1 Å². The molecule has 0 saturated carbocycles. The number of para-hydroxylation sites is 3. The lowest BCUT2D eigenvalue weighted by Gasteiger charge is -2.41. The van der Waals surface area contributed by atoms with Crippen LogP contribution in [0.15, 0.2) is 48.5 Å². The molecule has 27 heavy (non-hydrogen) atoms. The van der Waals surface area contributed by atoms with Crippen molar-refractivity contribution in [3.63, 3.8) is 0 Å². The van der Waals surface area contributed by atoms with Gasteiger partial charge in [0.15, 0.2) is 6.17 Å². The van der Waals surface area contributed by atoms with E-state index >= 15 is 0 Å². The molecule has 2 aliphatic rings. The summed E-state index contributed by atoms with van der Waals surface area (Å²) in [6.07, 6.45) is -0.542. The zero-order valence-electron chi connectivity index (χ0n) is 15.6. The zero-order chi connectivity index (χ0) is 19.0. The van der Waals surface area contributed by atoms with Gasteiger partial charge in [0.05, 0.1) is 18.5 Å². The van der Waals surface area contributed by atoms with Crippen molar-refractivity contribution in [2.75, 3.05) is 43.1 Å². The van der Waals surface area contributed by atoms with Crippen LogP contribution < -0.4 is 14.5 Å². The third-order valence-electron chi connectivity index (χ3n) is 5.33. The molecular formula is C21H23N3O3. The minimum Gasteiger partial charge on any atom is -0.495 e. The Balaban J connectivity index is 1.54. The molecule has 2 aromatic carbocycles. The van der Waals surface area contributed by atoms with E-state index in [1.54, 1.807) is 18.1 Å². The van der Waals surface area contributed by atoms with E-state index in [4.69, 9.17) is 4.74 Å². The van der Waals surface area contributed by atoms with E-state index in [2.05, 4.69) is 9.80 Å². The SMILES string of the molecule is COc1ccccc1N1CCN([C@H]2C(=O)c3ccccc3N2C(C)=O)CC1. The van der Waals surface area contributed by atoms with E-state index in [0.29, 0.717) is 24.3 Å². The molecule has 1 fully saturated rings. The monoisotopic (exact) mass is 365 g/mol. The number of piperazine rings is 1. The van der Waals surface area contributed by atoms with Crippen LogP contribution in [0.25, 0.3) is 0 Å². The van der Waals surface area contributed by atoms with E-state index in [0.717, 1.165) is 24.5 Å². The standard InChI is InChI=1S/C21H23N3O3/c1-15(25)24-17-8-4-3-7-16(17)20(26)21(24)23-13-11-22(12-14-23)18-9-5-6-10-19(18)27-2/h3-10,21H,11-14H2,1-2H3/t21-/m1/s1. The number of hydrogen-bond donors (Lipinski definition) is 0. The van der Waals surface area contributed by atoms with Crippen LogP contribution in [-0.2, 0) is 4.79 Å². The van der Waals surface area contributed by atoms with Gasteiger partial charge in [0.1, 0.15) is 5.75 Å². The largest absolute Gasteiger partial charge is 0.495 e. The quantitative estimate of drug-likeness (QED) is 0.836. The third-order valence-corrected chi connectivity index (χ3v) is 5.33. The van der Waals surface area contributed by atoms with Gasteiger partial charge in [-0.05, 0) is 24.3 Å². The molecule has 1 atom stereocenters. The fourth-order valence-electron chi connectivity index (χ4n) is 4.05. The van der Waals surface area contributed by atoms with E-state index < -0.39 is 6.17 Å². The van der Waals surface area contributed by atoms with Gasteiger partial charge in [0.2, 0.25) is 11.7 Å². The van der Waals surface area contributed by atoms with E-state index in [-0.39, 0.29) is 11.7 Å². The van der Waals surface area contributed by atoms with Gasteiger partial charge in [-0.3, -0.25) is 19.4 Å². The molecular weight excluding hydrogens is 342 g/mol. The summed E-state index contributed by atoms with van der Waals surface area (Å²) >= 11 is 0. The maximum Gasteiger partial charge on any atom is 0.225 e. The predicted molar refractivity (Wildman–Crippen MR) is 105 cm³/mol. The smallest absolute Gasteiger partial charge is 0.225 e. The highest BCUT2D eigenvalue weighted by atomic mass is 16.5. The molecule has 0 spiro atoms. The lowest BCUT2D eigenvalue weighted by molar-refractivity contribution is -0.117. The van der Waals surface area contributed by atoms with Gasteiger partial charge >= 0.3 is 0 Å². The number of anilines is 2. The van der Waals surface area contributed by atoms with Gasteiger partial charge < -0.3 is 9.64 Å². The second-order valence-electron chi connectivity index (χ2n) is 6.84. The van der Waals surface area contributed by atoms with Crippen LogP contribution in [0.2, 0.25) is 0 Å². The Labute approximate surface area is 158 Å². The average molecular weight is 365 g/mol. The number of carbonyl (C=O) groups is 2. The van der Waals surface area contributed by atoms with Crippen LogP contribution in [0.4, 0.5) is 11.4 Å². The molecule has 2 aliphatic heterocycles. The number of benzene rings is 2. The molecule has 0 aliphatic carbocycles. The highest BCUT2D eigenvalue weighted by molar-refractivity contribution is 6.17. The number of ether oxygens (including phenoxy) is 1. The molecule has 0 radical (unpaired) electrons. The number of Topliss-reactive ketones (excluding diaryl/α,β-unsaturated/α-hetero) is 1. The summed E-state index contributed by atoms with van der Waals surface area (Å²) in [6.45, 7) is 4.46. The highest BCUT2D eigenvalue weighted by Gasteiger charge is 2.43. The molecule has 2 heterocycles. The molecule has 140 valence electrons. The Morgan fingerprint density at radius 2 is 1.59 bits per heavy atom. The number of carbonyl (C=O) groups excluding carboxylic acids is 2. The molecule has 1 saturated heterocycles. The Morgan fingerprint density at radius 1 is 0.963 bits per heavy atom. The van der Waals surface area contributed by atoms with Gasteiger partial charge in [-0.2, -0.15) is 0 Å². The summed E-state index contributed by atoms with van der Waals surface area (Å²) in [5.41, 5.74) is 2.40. The molecule has 0 N–H and O–H groups in total. The van der Waals surface area contributed by atoms with Crippen molar-refractivity contribution in [1.29, 1.82) is 0 Å². The Morgan fingerprint density at radius 3 is 2.26 bits per heavy atom. The summed E-state index contributed by atoms with van der Waals surface area (Å²) in [7, 11) is 1.67. The summed E-state index contributed by atoms with van der Waals surface area (Å²) in [5.74, 6) is 0.748. The molecule has 4 rings (SSSR count). The van der Waals surface area contributed by atoms with Crippen LogP contribution in [0.1, 0.15) is 17.3 Å². The molecule has 0 bridgehead atoms. The summed E-state index contributed by atoms with van der Waals surface area (Å²) < 4.78 is 5.47. The number of fused-ring (bicyclic) bond motifs is 1. The highest BCUT2D eigenvalue weighted by Crippen LogP contribution is 2.35. The first-order valence-corrected chi connectivity index (χ1v) is 9.17. The van der Waals surface area contributed by atoms with Gasteiger partial charge in [-0.25, -0.2) is 0 Å². The van der Waals surface area contributed by atoms with Crippen molar-refractivity contribution in [1.82, 2.24) is 4.90 Å². The maximum absolute atomic E-state index is 13.0. The summed E-state index contributed by atoms with van der Waals surface area (Å²) in [4.78, 5) is 31.3. The average Bonchev–Trinajstić information content (AvgIpc) is 3.01. The second kappa shape index (κ2) is 7.04. The van der Waals surface area contributed by atoms with Gasteiger partial charge in [0.25, 0.3) is 0 Å². The summed E-state index contributed by atoms with van der Waals surface area (Å²) in [5, 5.41) is 0. The number of nitrogens with zero attached hydrogens (tertiary/aromatic N) is 3. The van der Waals surface area contributed by atoms with Crippen molar-refractivity contribution in [3.8, 4) is 5.75 Å². The lowest BCUT2D eigenvalue weighted by Crippen LogP contribution is -2.58. The van der Waals surface area contributed by atoms with E-state index in [1.165, 1.54) is 6.92 Å². The number of ketones is 1. The number of methoxy groups -OCH3 is 1. The zero-order valence-corrected chi connectivity index (χ0v) is 15.6. The summed E-state index contributed by atoms with van der Waals surface area (Å²) in [6, 6.07) is 15.3. The fourth-order valence-corrected chi connectivity index (χ4v) is 4.05. The van der Waals surface area contributed by atoms with E-state index in [1.807, 2.05) is 42.5 Å². The second-order valence-corrected chi connectivity index (χ2v) is 6.84. The van der Waals surface area contributed by atoms with Gasteiger partial charge in [0, 0.05) is 38.7 Å². The molecule has 6 nitrogen and oxygen atoms in total. The minimum absolute atomic E-state index is 0.00606. The van der Waals surface area contributed by atoms with E-state index in [9.17, 15) is 9.59 Å². The molecule has 2 aromatic rings. The topological polar surface area (TPSA) is 53.1 Å².